The highest BCUT2D eigenvalue weighted by molar-refractivity contribution is 7.98. The van der Waals surface area contributed by atoms with Crippen molar-refractivity contribution < 1.29 is 4.79 Å². The molecule has 3 heteroatoms. The van der Waals surface area contributed by atoms with E-state index in [2.05, 4.69) is 30.3 Å². The van der Waals surface area contributed by atoms with Crippen molar-refractivity contribution in [2.45, 2.75) is 11.4 Å². The molecule has 0 aromatic heterocycles. The maximum Gasteiger partial charge on any atom is 0.255 e. The van der Waals surface area contributed by atoms with E-state index in [0.717, 1.165) is 16.0 Å². The fraction of sp³-hybridized carbons (Fsp3) is 0.150. The zero-order valence-electron chi connectivity index (χ0n) is 13.3. The van der Waals surface area contributed by atoms with E-state index in [1.54, 1.807) is 16.7 Å². The van der Waals surface area contributed by atoms with Gasteiger partial charge in [0, 0.05) is 18.5 Å². The first-order chi connectivity index (χ1) is 11.2. The summed E-state index contributed by atoms with van der Waals surface area (Å²) in [6.45, 7) is 0.604. The second kappa shape index (κ2) is 6.88. The Hall–Kier alpha value is -2.26. The highest BCUT2D eigenvalue weighted by Gasteiger charge is 2.15. The molecule has 0 aliphatic heterocycles. The molecule has 3 aromatic rings. The summed E-state index contributed by atoms with van der Waals surface area (Å²) in [7, 11) is 1.86. The fourth-order valence-electron chi connectivity index (χ4n) is 2.71. The Morgan fingerprint density at radius 1 is 0.957 bits per heavy atom. The maximum atomic E-state index is 12.7. The highest BCUT2D eigenvalue weighted by atomic mass is 32.2. The van der Waals surface area contributed by atoms with Crippen LogP contribution in [0.4, 0.5) is 0 Å². The van der Waals surface area contributed by atoms with Crippen LogP contribution in [0.15, 0.2) is 71.6 Å². The minimum absolute atomic E-state index is 0.0584. The average Bonchev–Trinajstić information content (AvgIpc) is 2.60. The Kier molecular flexibility index (Phi) is 4.68. The second-order valence-corrected chi connectivity index (χ2v) is 6.39. The first-order valence-electron chi connectivity index (χ1n) is 7.55. The quantitative estimate of drug-likeness (QED) is 0.641. The molecule has 0 heterocycles. The summed E-state index contributed by atoms with van der Waals surface area (Å²) in [5.74, 6) is 0.0584. The van der Waals surface area contributed by atoms with Crippen LogP contribution in [0, 0.1) is 0 Å². The van der Waals surface area contributed by atoms with Crippen LogP contribution in [0.25, 0.3) is 10.8 Å². The Morgan fingerprint density at radius 2 is 1.65 bits per heavy atom. The minimum Gasteiger partial charge on any atom is -0.337 e. The molecule has 0 N–H and O–H groups in total. The molecule has 3 aromatic carbocycles. The number of hydrogen-bond donors (Lipinski definition) is 0. The molecule has 0 saturated carbocycles. The number of benzene rings is 3. The van der Waals surface area contributed by atoms with Crippen molar-refractivity contribution in [1.29, 1.82) is 0 Å². The van der Waals surface area contributed by atoms with Gasteiger partial charge in [0.25, 0.3) is 5.91 Å². The normalized spacial score (nSPS) is 10.7. The van der Waals surface area contributed by atoms with Crippen LogP contribution in [0.5, 0.6) is 0 Å². The Bertz CT molecular complexity index is 844. The Balaban J connectivity index is 1.82. The van der Waals surface area contributed by atoms with Gasteiger partial charge in [0.05, 0.1) is 5.56 Å². The summed E-state index contributed by atoms with van der Waals surface area (Å²) in [5, 5.41) is 2.42. The molecule has 0 atom stereocenters. The number of thioether (sulfide) groups is 1. The van der Waals surface area contributed by atoms with Crippen LogP contribution in [-0.2, 0) is 6.54 Å². The summed E-state index contributed by atoms with van der Waals surface area (Å²) in [4.78, 5) is 15.5. The molecule has 116 valence electrons. The first-order valence-corrected chi connectivity index (χ1v) is 8.77. The van der Waals surface area contributed by atoms with Crippen LogP contribution in [0.1, 0.15) is 15.9 Å². The van der Waals surface area contributed by atoms with Crippen molar-refractivity contribution in [2.75, 3.05) is 13.3 Å². The van der Waals surface area contributed by atoms with Gasteiger partial charge in [-0.3, -0.25) is 4.79 Å². The van der Waals surface area contributed by atoms with Crippen LogP contribution < -0.4 is 0 Å². The lowest BCUT2D eigenvalue weighted by Crippen LogP contribution is -2.26. The van der Waals surface area contributed by atoms with Gasteiger partial charge >= 0.3 is 0 Å². The van der Waals surface area contributed by atoms with E-state index in [0.29, 0.717) is 6.54 Å². The van der Waals surface area contributed by atoms with Gasteiger partial charge in [-0.2, -0.15) is 0 Å². The molecule has 0 aliphatic rings. The number of carbonyl (C=O) groups excluding carboxylic acids is 1. The predicted octanol–water partition coefficient (Wildman–Crippen LogP) is 4.83. The van der Waals surface area contributed by atoms with Gasteiger partial charge in [-0.1, -0.05) is 48.5 Å². The summed E-state index contributed by atoms with van der Waals surface area (Å²) in [6, 6.07) is 22.4. The zero-order valence-corrected chi connectivity index (χ0v) is 14.1. The summed E-state index contributed by atoms with van der Waals surface area (Å²) < 4.78 is 0. The molecule has 0 aliphatic carbocycles. The monoisotopic (exact) mass is 321 g/mol. The van der Waals surface area contributed by atoms with Gasteiger partial charge in [0.2, 0.25) is 0 Å². The largest absolute Gasteiger partial charge is 0.337 e. The number of nitrogens with zero attached hydrogens (tertiary/aromatic N) is 1. The molecular weight excluding hydrogens is 302 g/mol. The SMILES string of the molecule is CSc1ccccc1C(=O)N(C)Cc1ccc2ccccc2c1. The molecule has 0 saturated heterocycles. The van der Waals surface area contributed by atoms with Crippen molar-refractivity contribution in [3.05, 3.63) is 77.9 Å². The topological polar surface area (TPSA) is 20.3 Å². The zero-order chi connectivity index (χ0) is 16.2. The number of fused-ring (bicyclic) bond motifs is 1. The second-order valence-electron chi connectivity index (χ2n) is 5.54. The molecule has 23 heavy (non-hydrogen) atoms. The van der Waals surface area contributed by atoms with E-state index < -0.39 is 0 Å². The van der Waals surface area contributed by atoms with Crippen LogP contribution >= 0.6 is 11.8 Å². The van der Waals surface area contributed by atoms with Crippen molar-refractivity contribution in [3.8, 4) is 0 Å². The summed E-state index contributed by atoms with van der Waals surface area (Å²) in [5.41, 5.74) is 1.91. The highest BCUT2D eigenvalue weighted by Crippen LogP contribution is 2.22. The lowest BCUT2D eigenvalue weighted by Gasteiger charge is -2.19. The van der Waals surface area contributed by atoms with Gasteiger partial charge in [-0.25, -0.2) is 0 Å². The van der Waals surface area contributed by atoms with E-state index in [1.807, 2.05) is 49.7 Å². The minimum atomic E-state index is 0.0584. The maximum absolute atomic E-state index is 12.7. The van der Waals surface area contributed by atoms with Crippen LogP contribution in [-0.4, -0.2) is 24.1 Å². The summed E-state index contributed by atoms with van der Waals surface area (Å²) in [6.07, 6.45) is 2.00. The average molecular weight is 321 g/mol. The van der Waals surface area contributed by atoms with Gasteiger partial charge in [-0.15, -0.1) is 11.8 Å². The molecular formula is C20H19NOS. The van der Waals surface area contributed by atoms with E-state index in [4.69, 9.17) is 0 Å². The third kappa shape index (κ3) is 3.40. The standard InChI is InChI=1S/C20H19NOS/c1-21(20(22)18-9-5-6-10-19(18)23-2)14-15-11-12-16-7-3-4-8-17(16)13-15/h3-13H,14H2,1-2H3. The number of rotatable bonds is 4. The van der Waals surface area contributed by atoms with Gasteiger partial charge < -0.3 is 4.90 Å². The molecule has 0 fully saturated rings. The van der Waals surface area contributed by atoms with E-state index in [9.17, 15) is 4.79 Å². The molecule has 0 bridgehead atoms. The van der Waals surface area contributed by atoms with E-state index >= 15 is 0 Å². The van der Waals surface area contributed by atoms with Gasteiger partial charge in [0.1, 0.15) is 0 Å². The van der Waals surface area contributed by atoms with Crippen molar-refractivity contribution in [2.24, 2.45) is 0 Å². The number of amides is 1. The van der Waals surface area contributed by atoms with Crippen molar-refractivity contribution in [3.63, 3.8) is 0 Å². The van der Waals surface area contributed by atoms with Crippen LogP contribution in [0.2, 0.25) is 0 Å². The Morgan fingerprint density at radius 3 is 2.43 bits per heavy atom. The number of hydrogen-bond acceptors (Lipinski definition) is 2. The molecule has 2 nitrogen and oxygen atoms in total. The van der Waals surface area contributed by atoms with Gasteiger partial charge in [0.15, 0.2) is 0 Å². The van der Waals surface area contributed by atoms with Crippen LogP contribution in [0.3, 0.4) is 0 Å². The third-order valence-electron chi connectivity index (χ3n) is 3.92. The first kappa shape index (κ1) is 15.6. The van der Waals surface area contributed by atoms with Gasteiger partial charge in [-0.05, 0) is 40.8 Å². The van der Waals surface area contributed by atoms with E-state index in [-0.39, 0.29) is 5.91 Å². The Labute approximate surface area is 141 Å². The molecule has 0 spiro atoms. The lowest BCUT2D eigenvalue weighted by atomic mass is 10.1. The molecule has 3 rings (SSSR count). The molecule has 0 unspecified atom stereocenters. The smallest absolute Gasteiger partial charge is 0.255 e. The lowest BCUT2D eigenvalue weighted by molar-refractivity contribution is 0.0781. The molecule has 0 radical (unpaired) electrons. The van der Waals surface area contributed by atoms with E-state index in [1.165, 1.54) is 10.8 Å². The fourth-order valence-corrected chi connectivity index (χ4v) is 3.30. The summed E-state index contributed by atoms with van der Waals surface area (Å²) >= 11 is 1.60. The van der Waals surface area contributed by atoms with Crippen molar-refractivity contribution >= 4 is 28.4 Å². The predicted molar refractivity (Wildman–Crippen MR) is 98.0 cm³/mol. The number of carbonyl (C=O) groups is 1. The van der Waals surface area contributed by atoms with Crippen molar-refractivity contribution in [1.82, 2.24) is 4.90 Å². The molecule has 1 amide bonds. The third-order valence-corrected chi connectivity index (χ3v) is 4.71.